The van der Waals surface area contributed by atoms with E-state index in [0.717, 1.165) is 57.1 Å². The van der Waals surface area contributed by atoms with E-state index in [1.54, 1.807) is 24.3 Å². The molecule has 1 aliphatic carbocycles. The number of carbonyl (C=O) groups is 2. The van der Waals surface area contributed by atoms with Crippen molar-refractivity contribution in [2.75, 3.05) is 18.5 Å². The second-order valence-corrected chi connectivity index (χ2v) is 8.91. The Morgan fingerprint density at radius 3 is 2.42 bits per heavy atom. The molecule has 1 saturated carbocycles. The average molecular weight is 441 g/mol. The average Bonchev–Trinajstić information content (AvgIpc) is 3.32. The quantitative estimate of drug-likeness (QED) is 0.657. The first-order chi connectivity index (χ1) is 15.1. The van der Waals surface area contributed by atoms with E-state index < -0.39 is 5.41 Å². The fourth-order valence-electron chi connectivity index (χ4n) is 4.70. The molecule has 1 heterocycles. The zero-order valence-electron chi connectivity index (χ0n) is 17.7. The first-order valence-electron chi connectivity index (χ1n) is 11.1. The molecule has 2 N–H and O–H groups in total. The van der Waals surface area contributed by atoms with Crippen molar-refractivity contribution in [3.05, 3.63) is 64.7 Å². The van der Waals surface area contributed by atoms with Gasteiger partial charge in [0.1, 0.15) is 0 Å². The van der Waals surface area contributed by atoms with Gasteiger partial charge < -0.3 is 15.4 Å². The fraction of sp³-hybridized carbons (Fsp3) is 0.440. The Morgan fingerprint density at radius 1 is 1.00 bits per heavy atom. The zero-order valence-corrected chi connectivity index (χ0v) is 18.4. The lowest BCUT2D eigenvalue weighted by Crippen LogP contribution is -2.47. The van der Waals surface area contributed by atoms with Crippen LogP contribution in [0.4, 0.5) is 5.69 Å². The summed E-state index contributed by atoms with van der Waals surface area (Å²) in [7, 11) is 0. The van der Waals surface area contributed by atoms with Crippen molar-refractivity contribution in [3.63, 3.8) is 0 Å². The van der Waals surface area contributed by atoms with Crippen LogP contribution in [0.25, 0.3) is 0 Å². The summed E-state index contributed by atoms with van der Waals surface area (Å²) in [5.74, 6) is -0.157. The summed E-state index contributed by atoms with van der Waals surface area (Å²) in [4.78, 5) is 25.8. The highest BCUT2D eigenvalue weighted by molar-refractivity contribution is 6.34. The predicted octanol–water partition coefficient (Wildman–Crippen LogP) is 5.09. The van der Waals surface area contributed by atoms with Crippen molar-refractivity contribution in [3.8, 4) is 0 Å². The Labute approximate surface area is 188 Å². The van der Waals surface area contributed by atoms with Gasteiger partial charge in [-0.1, -0.05) is 55.1 Å². The van der Waals surface area contributed by atoms with Crippen LogP contribution >= 0.6 is 11.6 Å². The number of hydrogen-bond donors (Lipinski definition) is 2. The summed E-state index contributed by atoms with van der Waals surface area (Å²) in [5.41, 5.74) is 1.61. The number of rotatable bonds is 6. The Morgan fingerprint density at radius 2 is 1.74 bits per heavy atom. The molecule has 6 heteroatoms. The van der Waals surface area contributed by atoms with Crippen LogP contribution in [0, 0.1) is 0 Å². The minimum Gasteiger partial charge on any atom is -0.376 e. The first kappa shape index (κ1) is 21.8. The van der Waals surface area contributed by atoms with E-state index >= 15 is 0 Å². The standard InChI is InChI=1S/C25H29ClN2O3/c26-22-9-3-2-8-21(22)23(29)28-19-12-10-18(11-13-19)25(14-4-1-5-15-25)24(30)27-17-20-7-6-16-31-20/h2-3,8-13,20H,1,4-7,14-17H2,(H,27,30)(H,28,29)/t20-/m1/s1. The number of benzene rings is 2. The number of halogens is 1. The lowest BCUT2D eigenvalue weighted by Gasteiger charge is -2.36. The molecule has 0 spiro atoms. The van der Waals surface area contributed by atoms with Gasteiger partial charge in [-0.3, -0.25) is 9.59 Å². The van der Waals surface area contributed by atoms with Crippen molar-refractivity contribution >= 4 is 29.1 Å². The maximum absolute atomic E-state index is 13.3. The smallest absolute Gasteiger partial charge is 0.257 e. The number of hydrogen-bond acceptors (Lipinski definition) is 3. The van der Waals surface area contributed by atoms with Crippen molar-refractivity contribution in [1.29, 1.82) is 0 Å². The van der Waals surface area contributed by atoms with Crippen molar-refractivity contribution in [1.82, 2.24) is 5.32 Å². The second-order valence-electron chi connectivity index (χ2n) is 8.50. The summed E-state index contributed by atoms with van der Waals surface area (Å²) in [5, 5.41) is 6.47. The SMILES string of the molecule is O=C(Nc1ccc(C2(C(=O)NC[C@H]3CCCO3)CCCCC2)cc1)c1ccccc1Cl. The third-order valence-electron chi connectivity index (χ3n) is 6.47. The molecule has 0 unspecified atom stereocenters. The molecule has 0 aromatic heterocycles. The number of ether oxygens (including phenoxy) is 1. The third kappa shape index (κ3) is 4.94. The summed E-state index contributed by atoms with van der Waals surface area (Å²) < 4.78 is 5.66. The first-order valence-corrected chi connectivity index (χ1v) is 11.5. The number of nitrogens with one attached hydrogen (secondary N) is 2. The lowest BCUT2D eigenvalue weighted by atomic mass is 9.68. The van der Waals surface area contributed by atoms with E-state index in [1.165, 1.54) is 0 Å². The molecule has 1 saturated heterocycles. The van der Waals surface area contributed by atoms with E-state index in [0.29, 0.717) is 22.8 Å². The van der Waals surface area contributed by atoms with Gasteiger partial charge in [0.2, 0.25) is 5.91 Å². The third-order valence-corrected chi connectivity index (χ3v) is 6.80. The molecule has 1 atom stereocenters. The van der Waals surface area contributed by atoms with Crippen molar-refractivity contribution in [2.24, 2.45) is 0 Å². The fourth-order valence-corrected chi connectivity index (χ4v) is 4.92. The molecule has 164 valence electrons. The Balaban J connectivity index is 1.48. The van der Waals surface area contributed by atoms with Gasteiger partial charge >= 0.3 is 0 Å². The van der Waals surface area contributed by atoms with E-state index in [9.17, 15) is 9.59 Å². The normalized spacial score (nSPS) is 20.2. The highest BCUT2D eigenvalue weighted by Crippen LogP contribution is 2.40. The van der Waals surface area contributed by atoms with Crippen LogP contribution in [0.2, 0.25) is 5.02 Å². The Hall–Kier alpha value is -2.37. The molecule has 2 aliphatic rings. The largest absolute Gasteiger partial charge is 0.376 e. The maximum Gasteiger partial charge on any atom is 0.257 e. The molecule has 0 bridgehead atoms. The van der Waals surface area contributed by atoms with Crippen LogP contribution in [0.3, 0.4) is 0 Å². The minimum absolute atomic E-state index is 0.0931. The van der Waals surface area contributed by atoms with Crippen molar-refractivity contribution in [2.45, 2.75) is 56.5 Å². The van der Waals surface area contributed by atoms with Gasteiger partial charge in [0.25, 0.3) is 5.91 Å². The van der Waals surface area contributed by atoms with Crippen LogP contribution in [0.5, 0.6) is 0 Å². The van der Waals surface area contributed by atoms with E-state index in [-0.39, 0.29) is 17.9 Å². The van der Waals surface area contributed by atoms with Crippen LogP contribution in [0.1, 0.15) is 60.9 Å². The minimum atomic E-state index is -0.512. The van der Waals surface area contributed by atoms with Gasteiger partial charge in [-0.2, -0.15) is 0 Å². The molecule has 2 aromatic rings. The molecule has 2 amide bonds. The van der Waals surface area contributed by atoms with Gasteiger partial charge in [-0.15, -0.1) is 0 Å². The van der Waals surface area contributed by atoms with E-state index in [2.05, 4.69) is 10.6 Å². The van der Waals surface area contributed by atoms with Crippen LogP contribution in [0.15, 0.2) is 48.5 Å². The van der Waals surface area contributed by atoms with Gasteiger partial charge in [0, 0.05) is 18.8 Å². The molecule has 5 nitrogen and oxygen atoms in total. The number of anilines is 1. The van der Waals surface area contributed by atoms with Gasteiger partial charge in [0.15, 0.2) is 0 Å². The summed E-state index contributed by atoms with van der Waals surface area (Å²) in [6.07, 6.45) is 7.13. The molecular formula is C25H29ClN2O3. The molecule has 31 heavy (non-hydrogen) atoms. The molecule has 2 aromatic carbocycles. The van der Waals surface area contributed by atoms with E-state index in [4.69, 9.17) is 16.3 Å². The number of carbonyl (C=O) groups excluding carboxylic acids is 2. The predicted molar refractivity (Wildman–Crippen MR) is 123 cm³/mol. The second kappa shape index (κ2) is 9.84. The van der Waals surface area contributed by atoms with Gasteiger partial charge in [-0.25, -0.2) is 0 Å². The Bertz CT molecular complexity index is 917. The van der Waals surface area contributed by atoms with Gasteiger partial charge in [-0.05, 0) is 55.5 Å². The maximum atomic E-state index is 13.3. The monoisotopic (exact) mass is 440 g/mol. The molecule has 2 fully saturated rings. The summed E-state index contributed by atoms with van der Waals surface area (Å²) in [6, 6.07) is 14.6. The molecule has 4 rings (SSSR count). The van der Waals surface area contributed by atoms with Crippen molar-refractivity contribution < 1.29 is 14.3 Å². The number of amides is 2. The molecular weight excluding hydrogens is 412 g/mol. The topological polar surface area (TPSA) is 67.4 Å². The van der Waals surface area contributed by atoms with Crippen LogP contribution in [-0.4, -0.2) is 31.1 Å². The van der Waals surface area contributed by atoms with Crippen LogP contribution in [-0.2, 0) is 14.9 Å². The summed E-state index contributed by atoms with van der Waals surface area (Å²) >= 11 is 6.13. The van der Waals surface area contributed by atoms with E-state index in [1.807, 2.05) is 24.3 Å². The highest BCUT2D eigenvalue weighted by Gasteiger charge is 2.41. The summed E-state index contributed by atoms with van der Waals surface area (Å²) in [6.45, 7) is 1.36. The molecule has 1 aliphatic heterocycles. The zero-order chi connectivity index (χ0) is 21.7. The van der Waals surface area contributed by atoms with Crippen LogP contribution < -0.4 is 10.6 Å². The Kier molecular flexibility index (Phi) is 6.93. The highest BCUT2D eigenvalue weighted by atomic mass is 35.5. The van der Waals surface area contributed by atoms with Gasteiger partial charge in [0.05, 0.1) is 22.1 Å². The lowest BCUT2D eigenvalue weighted by molar-refractivity contribution is -0.128. The molecule has 0 radical (unpaired) electrons.